The Bertz CT molecular complexity index is 364. The highest BCUT2D eigenvalue weighted by atomic mass is 32.2. The van der Waals surface area contributed by atoms with Crippen LogP contribution in [0.3, 0.4) is 0 Å². The maximum absolute atomic E-state index is 12.1. The zero-order chi connectivity index (χ0) is 15.0. The molecule has 0 aromatic rings. The number of hydrogen-bond donors (Lipinski definition) is 0. The molecule has 20 heavy (non-hydrogen) atoms. The van der Waals surface area contributed by atoms with Gasteiger partial charge in [-0.15, -0.1) is 11.8 Å². The fraction of sp³-hybridized carbons (Fsp3) is 0.750. The summed E-state index contributed by atoms with van der Waals surface area (Å²) in [6.45, 7) is 2.48. The number of carbonyl (C=O) groups excluding carboxylic acids is 3. The zero-order valence-corrected chi connectivity index (χ0v) is 12.6. The molecular weight excluding hydrogens is 284 g/mol. The van der Waals surface area contributed by atoms with Crippen molar-refractivity contribution in [3.05, 3.63) is 0 Å². The zero-order valence-electron chi connectivity index (χ0n) is 11.8. The Balaban J connectivity index is 2.54. The summed E-state index contributed by atoms with van der Waals surface area (Å²) in [6.07, 6.45) is 0. The molecule has 1 saturated heterocycles. The van der Waals surface area contributed by atoms with Crippen molar-refractivity contribution >= 4 is 29.5 Å². The van der Waals surface area contributed by atoms with E-state index in [-0.39, 0.29) is 31.5 Å². The van der Waals surface area contributed by atoms with Crippen LogP contribution in [0.25, 0.3) is 0 Å². The highest BCUT2D eigenvalue weighted by molar-refractivity contribution is 8.00. The van der Waals surface area contributed by atoms with Gasteiger partial charge in [0, 0.05) is 13.7 Å². The molecule has 114 valence electrons. The Labute approximate surface area is 122 Å². The van der Waals surface area contributed by atoms with Crippen LogP contribution in [0.15, 0.2) is 0 Å². The third kappa shape index (κ3) is 5.38. The van der Waals surface area contributed by atoms with Crippen molar-refractivity contribution < 1.29 is 23.9 Å². The summed E-state index contributed by atoms with van der Waals surface area (Å²) in [6, 6.07) is 0. The van der Waals surface area contributed by atoms with Crippen LogP contribution in [0.4, 0.5) is 0 Å². The molecule has 0 spiro atoms. The number of rotatable bonds is 8. The first-order valence-electron chi connectivity index (χ1n) is 6.36. The van der Waals surface area contributed by atoms with Gasteiger partial charge < -0.3 is 19.3 Å². The molecule has 0 aliphatic carbocycles. The van der Waals surface area contributed by atoms with E-state index in [1.54, 1.807) is 6.92 Å². The van der Waals surface area contributed by atoms with E-state index < -0.39 is 5.97 Å². The Morgan fingerprint density at radius 2 is 2.20 bits per heavy atom. The third-order valence-electron chi connectivity index (χ3n) is 2.69. The number of nitrogens with zero attached hydrogens (tertiary/aromatic N) is 2. The molecule has 1 rings (SSSR count). The molecule has 8 heteroatoms. The summed E-state index contributed by atoms with van der Waals surface area (Å²) in [5.74, 6) is 0.141. The van der Waals surface area contributed by atoms with Gasteiger partial charge in [-0.1, -0.05) is 0 Å². The van der Waals surface area contributed by atoms with Crippen LogP contribution in [0.5, 0.6) is 0 Å². The molecule has 1 fully saturated rings. The van der Waals surface area contributed by atoms with Gasteiger partial charge in [0.2, 0.25) is 11.8 Å². The van der Waals surface area contributed by atoms with Crippen LogP contribution < -0.4 is 0 Å². The molecule has 0 unspecified atom stereocenters. The molecule has 0 bridgehead atoms. The van der Waals surface area contributed by atoms with Crippen molar-refractivity contribution in [3.8, 4) is 0 Å². The molecular formula is C12H20N2O5S. The quantitative estimate of drug-likeness (QED) is 0.566. The van der Waals surface area contributed by atoms with Crippen LogP contribution in [-0.2, 0) is 23.9 Å². The van der Waals surface area contributed by atoms with E-state index in [9.17, 15) is 14.4 Å². The van der Waals surface area contributed by atoms with Gasteiger partial charge in [-0.3, -0.25) is 14.4 Å². The number of thioether (sulfide) groups is 1. The minimum atomic E-state index is -0.459. The van der Waals surface area contributed by atoms with Crippen LogP contribution in [0.2, 0.25) is 0 Å². The lowest BCUT2D eigenvalue weighted by Gasteiger charge is -2.24. The van der Waals surface area contributed by atoms with Crippen molar-refractivity contribution in [3.63, 3.8) is 0 Å². The van der Waals surface area contributed by atoms with Crippen molar-refractivity contribution in [2.45, 2.75) is 6.92 Å². The molecule has 1 aliphatic rings. The van der Waals surface area contributed by atoms with Gasteiger partial charge in [0.15, 0.2) is 0 Å². The SMILES string of the molecule is CCOC(=O)CN(CCOC)C(=O)CN1CSCC1=O. The molecule has 0 N–H and O–H groups in total. The first-order chi connectivity index (χ1) is 9.58. The molecule has 0 aromatic carbocycles. The molecule has 2 amide bonds. The minimum absolute atomic E-state index is 0.00501. The molecule has 1 heterocycles. The first-order valence-corrected chi connectivity index (χ1v) is 7.51. The lowest BCUT2D eigenvalue weighted by molar-refractivity contribution is -0.150. The van der Waals surface area contributed by atoms with E-state index in [1.165, 1.54) is 28.7 Å². The Hall–Kier alpha value is -1.28. The van der Waals surface area contributed by atoms with Gasteiger partial charge in [-0.05, 0) is 6.92 Å². The highest BCUT2D eigenvalue weighted by Crippen LogP contribution is 2.14. The second-order valence-corrected chi connectivity index (χ2v) is 5.14. The second-order valence-electron chi connectivity index (χ2n) is 4.18. The molecule has 1 aliphatic heterocycles. The average molecular weight is 304 g/mol. The monoisotopic (exact) mass is 304 g/mol. The highest BCUT2D eigenvalue weighted by Gasteiger charge is 2.26. The maximum Gasteiger partial charge on any atom is 0.325 e. The fourth-order valence-corrected chi connectivity index (χ4v) is 2.56. The summed E-state index contributed by atoms with van der Waals surface area (Å²) in [5.41, 5.74) is 0. The maximum atomic E-state index is 12.1. The third-order valence-corrected chi connectivity index (χ3v) is 3.64. The first kappa shape index (κ1) is 16.8. The molecule has 0 saturated carbocycles. The Morgan fingerprint density at radius 3 is 2.75 bits per heavy atom. The molecule has 0 atom stereocenters. The number of ether oxygens (including phenoxy) is 2. The van der Waals surface area contributed by atoms with Gasteiger partial charge in [0.25, 0.3) is 0 Å². The van der Waals surface area contributed by atoms with E-state index in [0.717, 1.165) is 0 Å². The second kappa shape index (κ2) is 8.80. The topological polar surface area (TPSA) is 76.2 Å². The van der Waals surface area contributed by atoms with E-state index >= 15 is 0 Å². The van der Waals surface area contributed by atoms with Gasteiger partial charge in [-0.25, -0.2) is 0 Å². The van der Waals surface area contributed by atoms with Crippen LogP contribution in [-0.4, -0.2) is 79.2 Å². The summed E-state index contributed by atoms with van der Waals surface area (Å²) in [7, 11) is 1.52. The van der Waals surface area contributed by atoms with Crippen molar-refractivity contribution in [1.82, 2.24) is 9.80 Å². The number of amides is 2. The standard InChI is InChI=1S/C12H20N2O5S/c1-3-19-12(17)7-13(4-5-18-2)10(15)6-14-9-20-8-11(14)16/h3-9H2,1-2H3. The summed E-state index contributed by atoms with van der Waals surface area (Å²) >= 11 is 1.47. The number of hydrogen-bond acceptors (Lipinski definition) is 6. The van der Waals surface area contributed by atoms with Crippen LogP contribution in [0, 0.1) is 0 Å². The van der Waals surface area contributed by atoms with Crippen molar-refractivity contribution in [2.75, 3.05) is 51.6 Å². The predicted molar refractivity (Wildman–Crippen MR) is 74.1 cm³/mol. The smallest absolute Gasteiger partial charge is 0.325 e. The summed E-state index contributed by atoms with van der Waals surface area (Å²) in [4.78, 5) is 38.0. The van der Waals surface area contributed by atoms with Gasteiger partial charge in [0.05, 0.1) is 24.8 Å². The molecule has 0 aromatic heterocycles. The normalized spacial score (nSPS) is 14.5. The van der Waals surface area contributed by atoms with Crippen molar-refractivity contribution in [1.29, 1.82) is 0 Å². The van der Waals surface area contributed by atoms with Crippen molar-refractivity contribution in [2.24, 2.45) is 0 Å². The van der Waals surface area contributed by atoms with Gasteiger partial charge >= 0.3 is 5.97 Å². The van der Waals surface area contributed by atoms with Gasteiger partial charge in [-0.2, -0.15) is 0 Å². The lowest BCUT2D eigenvalue weighted by Crippen LogP contribution is -2.44. The van der Waals surface area contributed by atoms with Crippen LogP contribution >= 0.6 is 11.8 Å². The summed E-state index contributed by atoms with van der Waals surface area (Å²) in [5, 5.41) is 0. The van der Waals surface area contributed by atoms with Gasteiger partial charge in [0.1, 0.15) is 13.1 Å². The van der Waals surface area contributed by atoms with E-state index in [0.29, 0.717) is 24.8 Å². The largest absolute Gasteiger partial charge is 0.465 e. The van der Waals surface area contributed by atoms with E-state index in [2.05, 4.69) is 0 Å². The number of esters is 1. The predicted octanol–water partition coefficient (Wildman–Crippen LogP) is -0.443. The van der Waals surface area contributed by atoms with Crippen LogP contribution in [0.1, 0.15) is 6.92 Å². The molecule has 7 nitrogen and oxygen atoms in total. The molecule has 0 radical (unpaired) electrons. The summed E-state index contributed by atoms with van der Waals surface area (Å²) < 4.78 is 9.76. The minimum Gasteiger partial charge on any atom is -0.465 e. The van der Waals surface area contributed by atoms with E-state index in [4.69, 9.17) is 9.47 Å². The number of carbonyl (C=O) groups is 3. The average Bonchev–Trinajstić information content (AvgIpc) is 2.80. The lowest BCUT2D eigenvalue weighted by atomic mass is 10.4. The van der Waals surface area contributed by atoms with E-state index in [1.807, 2.05) is 0 Å². The Morgan fingerprint density at radius 1 is 1.45 bits per heavy atom. The fourth-order valence-electron chi connectivity index (χ4n) is 1.66. The Kier molecular flexibility index (Phi) is 7.38. The number of methoxy groups -OCH3 is 1.